The van der Waals surface area contributed by atoms with Crippen molar-refractivity contribution in [1.29, 1.82) is 0 Å². The van der Waals surface area contributed by atoms with Crippen molar-refractivity contribution in [2.75, 3.05) is 6.79 Å². The number of benzene rings is 3. The Morgan fingerprint density at radius 2 is 1.74 bits per heavy atom. The number of carboxylic acid groups (broad SMARTS) is 1. The highest BCUT2D eigenvalue weighted by Crippen LogP contribution is 2.33. The van der Waals surface area contributed by atoms with Gasteiger partial charge in [-0.1, -0.05) is 42.5 Å². The molecule has 0 unspecified atom stereocenters. The maximum absolute atomic E-state index is 12.7. The van der Waals surface area contributed by atoms with E-state index in [4.69, 9.17) is 9.47 Å². The summed E-state index contributed by atoms with van der Waals surface area (Å²) >= 11 is 0. The third kappa shape index (κ3) is 3.32. The molecule has 1 N–H and O–H groups in total. The normalized spacial score (nSPS) is 12.8. The van der Waals surface area contributed by atoms with Crippen molar-refractivity contribution < 1.29 is 24.2 Å². The molecular formula is C21H14NO5-. The van der Waals surface area contributed by atoms with E-state index in [0.29, 0.717) is 22.6 Å². The van der Waals surface area contributed by atoms with Crippen LogP contribution in [0.25, 0.3) is 16.8 Å². The van der Waals surface area contributed by atoms with Crippen LogP contribution >= 0.6 is 0 Å². The molecule has 0 saturated carbocycles. The molecule has 0 fully saturated rings. The third-order valence-corrected chi connectivity index (χ3v) is 4.21. The largest absolute Gasteiger partial charge is 0.543 e. The first-order valence-electron chi connectivity index (χ1n) is 8.23. The van der Waals surface area contributed by atoms with Crippen molar-refractivity contribution in [3.8, 4) is 11.5 Å². The number of carbonyl (C=O) groups is 2. The highest BCUT2D eigenvalue weighted by atomic mass is 16.7. The lowest BCUT2D eigenvalue weighted by Crippen LogP contribution is -2.35. The van der Waals surface area contributed by atoms with Gasteiger partial charge in [-0.15, -0.1) is 0 Å². The van der Waals surface area contributed by atoms with Crippen LogP contribution in [0.15, 0.2) is 66.4 Å². The number of nitrogens with one attached hydrogen (secondary N) is 1. The Hall–Kier alpha value is -3.80. The lowest BCUT2D eigenvalue weighted by molar-refractivity contribution is -0.299. The number of aliphatic carboxylic acids is 1. The maximum Gasteiger partial charge on any atom is 0.256 e. The fraction of sp³-hybridized carbons (Fsp3) is 0.0476. The van der Waals surface area contributed by atoms with E-state index in [-0.39, 0.29) is 12.5 Å². The summed E-state index contributed by atoms with van der Waals surface area (Å²) in [7, 11) is 0. The van der Waals surface area contributed by atoms with Crippen LogP contribution in [0.3, 0.4) is 0 Å². The summed E-state index contributed by atoms with van der Waals surface area (Å²) in [6.45, 7) is 0.119. The molecule has 0 bridgehead atoms. The third-order valence-electron chi connectivity index (χ3n) is 4.21. The topological polar surface area (TPSA) is 87.7 Å². The number of fused-ring (bicyclic) bond motifs is 2. The van der Waals surface area contributed by atoms with Gasteiger partial charge in [0.25, 0.3) is 5.91 Å². The molecule has 0 spiro atoms. The first kappa shape index (κ1) is 16.7. The molecule has 1 aliphatic rings. The summed E-state index contributed by atoms with van der Waals surface area (Å²) < 4.78 is 10.5. The Labute approximate surface area is 154 Å². The molecule has 0 atom stereocenters. The Morgan fingerprint density at radius 3 is 2.59 bits per heavy atom. The second-order valence-electron chi connectivity index (χ2n) is 5.94. The molecule has 1 amide bonds. The van der Waals surface area contributed by atoms with Crippen LogP contribution in [-0.2, 0) is 4.79 Å². The van der Waals surface area contributed by atoms with Crippen LogP contribution in [0.4, 0.5) is 0 Å². The van der Waals surface area contributed by atoms with E-state index in [9.17, 15) is 14.7 Å². The van der Waals surface area contributed by atoms with Crippen molar-refractivity contribution in [2.24, 2.45) is 0 Å². The highest BCUT2D eigenvalue weighted by molar-refractivity contribution is 6.10. The number of hydrogen-bond donors (Lipinski definition) is 1. The number of carbonyl (C=O) groups excluding carboxylic acids is 2. The van der Waals surface area contributed by atoms with Gasteiger partial charge in [0, 0.05) is 5.56 Å². The summed E-state index contributed by atoms with van der Waals surface area (Å²) in [6.07, 6.45) is 1.32. The zero-order valence-electron chi connectivity index (χ0n) is 14.1. The lowest BCUT2D eigenvalue weighted by Gasteiger charge is -2.12. The molecule has 0 aromatic heterocycles. The van der Waals surface area contributed by atoms with Crippen LogP contribution in [-0.4, -0.2) is 18.7 Å². The van der Waals surface area contributed by atoms with Crippen molar-refractivity contribution in [3.63, 3.8) is 0 Å². The minimum atomic E-state index is -1.48. The molecule has 6 heteroatoms. The van der Waals surface area contributed by atoms with Gasteiger partial charge in [-0.05, 0) is 40.6 Å². The molecule has 27 heavy (non-hydrogen) atoms. The zero-order chi connectivity index (χ0) is 18.8. The molecule has 6 nitrogen and oxygen atoms in total. The number of ether oxygens (including phenoxy) is 2. The van der Waals surface area contributed by atoms with E-state index in [1.807, 2.05) is 30.3 Å². The molecule has 3 aromatic carbocycles. The highest BCUT2D eigenvalue weighted by Gasteiger charge is 2.15. The molecule has 1 heterocycles. The van der Waals surface area contributed by atoms with E-state index in [0.717, 1.165) is 10.8 Å². The van der Waals surface area contributed by atoms with Gasteiger partial charge in [-0.3, -0.25) is 4.79 Å². The van der Waals surface area contributed by atoms with Gasteiger partial charge in [0.1, 0.15) is 0 Å². The molecule has 0 saturated heterocycles. The molecule has 1 aliphatic heterocycles. The van der Waals surface area contributed by atoms with Gasteiger partial charge in [-0.2, -0.15) is 0 Å². The van der Waals surface area contributed by atoms with Gasteiger partial charge in [-0.25, -0.2) is 0 Å². The van der Waals surface area contributed by atoms with Crippen molar-refractivity contribution in [3.05, 3.63) is 77.5 Å². The Bertz CT molecular complexity index is 1080. The second kappa shape index (κ2) is 6.84. The van der Waals surface area contributed by atoms with Gasteiger partial charge in [0.15, 0.2) is 11.5 Å². The smallest absolute Gasteiger partial charge is 0.256 e. The van der Waals surface area contributed by atoms with Crippen LogP contribution in [0.5, 0.6) is 11.5 Å². The number of rotatable bonds is 4. The second-order valence-corrected chi connectivity index (χ2v) is 5.94. The van der Waals surface area contributed by atoms with Crippen LogP contribution in [0, 0.1) is 0 Å². The van der Waals surface area contributed by atoms with Gasteiger partial charge >= 0.3 is 0 Å². The van der Waals surface area contributed by atoms with Crippen molar-refractivity contribution >= 4 is 28.7 Å². The molecule has 0 aliphatic carbocycles. The fourth-order valence-electron chi connectivity index (χ4n) is 2.93. The quantitative estimate of drug-likeness (QED) is 0.720. The SMILES string of the molecule is O=C([O-])/C(=C\c1ccc2c(c1)OCO2)NC(=O)c1cccc2ccccc12. The first-order valence-corrected chi connectivity index (χ1v) is 8.23. The molecule has 134 valence electrons. The Balaban J connectivity index is 1.65. The van der Waals surface area contributed by atoms with Gasteiger partial charge in [0.2, 0.25) is 6.79 Å². The van der Waals surface area contributed by atoms with Crippen molar-refractivity contribution in [2.45, 2.75) is 0 Å². The Morgan fingerprint density at radius 1 is 0.963 bits per heavy atom. The number of carboxylic acids is 1. The van der Waals surface area contributed by atoms with E-state index in [1.54, 1.807) is 30.3 Å². The first-order chi connectivity index (χ1) is 13.1. The molecule has 3 aromatic rings. The Kier molecular flexibility index (Phi) is 4.22. The lowest BCUT2D eigenvalue weighted by atomic mass is 10.0. The average Bonchev–Trinajstić information content (AvgIpc) is 3.14. The van der Waals surface area contributed by atoms with E-state index < -0.39 is 11.9 Å². The minimum absolute atomic E-state index is 0.119. The summed E-state index contributed by atoms with van der Waals surface area (Å²) in [4.78, 5) is 24.2. The van der Waals surface area contributed by atoms with Gasteiger partial charge < -0.3 is 24.7 Å². The number of amides is 1. The number of hydrogen-bond acceptors (Lipinski definition) is 5. The molecular weight excluding hydrogens is 346 g/mol. The monoisotopic (exact) mass is 360 g/mol. The molecule has 4 rings (SSSR count). The van der Waals surface area contributed by atoms with Gasteiger partial charge in [0.05, 0.1) is 11.7 Å². The van der Waals surface area contributed by atoms with Crippen LogP contribution in [0.1, 0.15) is 15.9 Å². The predicted molar refractivity (Wildman–Crippen MR) is 97.0 cm³/mol. The van der Waals surface area contributed by atoms with Crippen molar-refractivity contribution in [1.82, 2.24) is 5.32 Å². The predicted octanol–water partition coefficient (Wildman–Crippen LogP) is 2.09. The average molecular weight is 360 g/mol. The van der Waals surface area contributed by atoms with Crippen LogP contribution in [0.2, 0.25) is 0 Å². The van der Waals surface area contributed by atoms with E-state index in [1.165, 1.54) is 6.08 Å². The van der Waals surface area contributed by atoms with E-state index >= 15 is 0 Å². The summed E-state index contributed by atoms with van der Waals surface area (Å²) in [5, 5.41) is 15.6. The van der Waals surface area contributed by atoms with Crippen LogP contribution < -0.4 is 19.9 Å². The molecule has 0 radical (unpaired) electrons. The maximum atomic E-state index is 12.7. The minimum Gasteiger partial charge on any atom is -0.543 e. The van der Waals surface area contributed by atoms with E-state index in [2.05, 4.69) is 5.32 Å². The standard InChI is InChI=1S/C21H15NO5/c23-20(16-7-3-5-14-4-1-2-6-15(14)16)22-17(21(24)25)10-13-8-9-18-19(11-13)27-12-26-18/h1-11H,12H2,(H,22,23)(H,24,25)/p-1/b17-10+. The fourth-order valence-corrected chi connectivity index (χ4v) is 2.93. The summed E-state index contributed by atoms with van der Waals surface area (Å²) in [5.74, 6) is -0.909. The zero-order valence-corrected chi connectivity index (χ0v) is 14.1. The summed E-state index contributed by atoms with van der Waals surface area (Å²) in [5.41, 5.74) is 0.578. The summed E-state index contributed by atoms with van der Waals surface area (Å²) in [6, 6.07) is 17.6.